The quantitative estimate of drug-likeness (QED) is 0.555. The van der Waals surface area contributed by atoms with Gasteiger partial charge in [-0.2, -0.15) is 10.1 Å². The first-order chi connectivity index (χ1) is 14.9. The molecule has 0 fully saturated rings. The molecule has 0 bridgehead atoms. The van der Waals surface area contributed by atoms with E-state index in [1.54, 1.807) is 37.2 Å². The van der Waals surface area contributed by atoms with Gasteiger partial charge in [0.15, 0.2) is 5.82 Å². The van der Waals surface area contributed by atoms with Crippen LogP contribution in [0.5, 0.6) is 0 Å². The summed E-state index contributed by atoms with van der Waals surface area (Å²) in [6, 6.07) is 5.64. The van der Waals surface area contributed by atoms with Gasteiger partial charge >= 0.3 is 0 Å². The number of nitrogens with zero attached hydrogens (tertiary/aromatic N) is 5. The van der Waals surface area contributed by atoms with E-state index in [0.717, 1.165) is 11.1 Å². The van der Waals surface area contributed by atoms with Crippen LogP contribution in [0.25, 0.3) is 0 Å². The van der Waals surface area contributed by atoms with Gasteiger partial charge in [-0.3, -0.25) is 9.48 Å². The summed E-state index contributed by atoms with van der Waals surface area (Å²) in [6.45, 7) is 3.93. The van der Waals surface area contributed by atoms with E-state index in [4.69, 9.17) is 0 Å². The molecule has 162 valence electrons. The number of aliphatic hydroxyl groups is 1. The van der Waals surface area contributed by atoms with Crippen molar-refractivity contribution in [1.82, 2.24) is 19.7 Å². The van der Waals surface area contributed by atoms with Gasteiger partial charge in [-0.1, -0.05) is 12.1 Å². The zero-order valence-corrected chi connectivity index (χ0v) is 17.5. The minimum atomic E-state index is -0.694. The average molecular weight is 425 g/mol. The lowest BCUT2D eigenvalue weighted by molar-refractivity contribution is -0.118. The first-order valence-electron chi connectivity index (χ1n) is 9.93. The lowest BCUT2D eigenvalue weighted by atomic mass is 10.1. The number of rotatable bonds is 6. The van der Waals surface area contributed by atoms with Crippen LogP contribution in [0, 0.1) is 12.7 Å². The van der Waals surface area contributed by atoms with Crippen LogP contribution < -0.4 is 15.5 Å². The van der Waals surface area contributed by atoms with Crippen LogP contribution in [-0.2, 0) is 11.3 Å². The number of fused-ring (bicyclic) bond motifs is 1. The van der Waals surface area contributed by atoms with Gasteiger partial charge in [0, 0.05) is 25.4 Å². The van der Waals surface area contributed by atoms with Crippen molar-refractivity contribution < 1.29 is 14.3 Å². The lowest BCUT2D eigenvalue weighted by Crippen LogP contribution is -2.49. The molecular weight excluding hydrogens is 401 g/mol. The summed E-state index contributed by atoms with van der Waals surface area (Å²) < 4.78 is 15.0. The Morgan fingerprint density at radius 1 is 1.29 bits per heavy atom. The van der Waals surface area contributed by atoms with E-state index in [-0.39, 0.29) is 24.4 Å². The van der Waals surface area contributed by atoms with E-state index in [0.29, 0.717) is 29.7 Å². The van der Waals surface area contributed by atoms with E-state index in [2.05, 4.69) is 25.7 Å². The molecule has 1 aliphatic rings. The third-order valence-corrected chi connectivity index (χ3v) is 5.45. The summed E-state index contributed by atoms with van der Waals surface area (Å²) in [6.07, 6.45) is 3.67. The topological polar surface area (TPSA) is 108 Å². The van der Waals surface area contributed by atoms with Gasteiger partial charge in [0.25, 0.3) is 0 Å². The average Bonchev–Trinajstić information content (AvgIpc) is 3.23. The lowest BCUT2D eigenvalue weighted by Gasteiger charge is -2.33. The van der Waals surface area contributed by atoms with Crippen molar-refractivity contribution in [1.29, 1.82) is 0 Å². The zero-order chi connectivity index (χ0) is 22.1. The van der Waals surface area contributed by atoms with E-state index < -0.39 is 6.04 Å². The third kappa shape index (κ3) is 4.06. The molecule has 1 aromatic carbocycles. The maximum absolute atomic E-state index is 13.2. The number of aryl methyl sites for hydroxylation is 1. The highest BCUT2D eigenvalue weighted by Crippen LogP contribution is 2.32. The second-order valence-corrected chi connectivity index (χ2v) is 7.54. The van der Waals surface area contributed by atoms with Gasteiger partial charge in [-0.05, 0) is 31.5 Å². The van der Waals surface area contributed by atoms with Crippen LogP contribution in [-0.4, -0.2) is 50.5 Å². The Hall–Kier alpha value is -3.53. The number of aromatic nitrogens is 4. The highest BCUT2D eigenvalue weighted by molar-refractivity contribution is 6.03. The van der Waals surface area contributed by atoms with Gasteiger partial charge in [0.1, 0.15) is 17.5 Å². The molecule has 0 aliphatic carbocycles. The van der Waals surface area contributed by atoms with Crippen LogP contribution in [0.1, 0.15) is 29.8 Å². The number of carbonyl (C=O) groups excluding carboxylic acids is 1. The number of likely N-dealkylation sites (N-methyl/N-ethyl adjacent to an activating group) is 1. The van der Waals surface area contributed by atoms with E-state index in [9.17, 15) is 14.3 Å². The number of carbonyl (C=O) groups is 1. The van der Waals surface area contributed by atoms with Crippen LogP contribution in [0.3, 0.4) is 0 Å². The Bertz CT molecular complexity index is 1100. The van der Waals surface area contributed by atoms with Crippen molar-refractivity contribution >= 4 is 23.4 Å². The number of nitrogens with one attached hydrogen (secondary N) is 2. The van der Waals surface area contributed by atoms with Crippen molar-refractivity contribution in [3.8, 4) is 0 Å². The number of halogens is 1. The molecule has 2 aromatic heterocycles. The van der Waals surface area contributed by atoms with Crippen LogP contribution >= 0.6 is 0 Å². The molecule has 9 nitrogen and oxygen atoms in total. The molecule has 1 amide bonds. The summed E-state index contributed by atoms with van der Waals surface area (Å²) in [4.78, 5) is 22.7. The molecular formula is C21H24FN7O2. The normalized spacial score (nSPS) is 16.6. The molecule has 0 saturated heterocycles. The molecule has 1 unspecified atom stereocenters. The first kappa shape index (κ1) is 20.7. The minimum absolute atomic E-state index is 0.0377. The second-order valence-electron chi connectivity index (χ2n) is 7.54. The zero-order valence-electron chi connectivity index (χ0n) is 17.5. The Kier molecular flexibility index (Phi) is 5.55. The Labute approximate surface area is 178 Å². The molecule has 3 aromatic rings. The van der Waals surface area contributed by atoms with Crippen molar-refractivity contribution in [2.24, 2.45) is 0 Å². The Balaban J connectivity index is 1.48. The molecule has 0 radical (unpaired) electrons. The van der Waals surface area contributed by atoms with Crippen LogP contribution in [0.4, 0.5) is 21.8 Å². The molecule has 0 spiro atoms. The number of amides is 1. The number of hydrogen-bond acceptors (Lipinski definition) is 7. The number of hydrogen-bond donors (Lipinski definition) is 3. The number of aliphatic hydroxyl groups excluding tert-OH is 1. The molecule has 3 N–H and O–H groups in total. The van der Waals surface area contributed by atoms with Gasteiger partial charge < -0.3 is 20.6 Å². The third-order valence-electron chi connectivity index (χ3n) is 5.45. The standard InChI is InChI=1S/C21H24FN7O2/c1-12-18-19(28(3)17(11-30)20(31)26-18)27-21(25-12)23-8-14-9-24-29(10-14)13(2)15-4-6-16(22)7-5-15/h4-7,9-10,13,17,30H,8,11H2,1-3H3,(H,26,31)(H,23,25,27)/t13?,17-/m0/s1. The summed E-state index contributed by atoms with van der Waals surface area (Å²) >= 11 is 0. The van der Waals surface area contributed by atoms with Crippen LogP contribution in [0.2, 0.25) is 0 Å². The Morgan fingerprint density at radius 2 is 2.03 bits per heavy atom. The van der Waals surface area contributed by atoms with Crippen LogP contribution in [0.15, 0.2) is 36.7 Å². The van der Waals surface area contributed by atoms with Crippen molar-refractivity contribution in [3.63, 3.8) is 0 Å². The van der Waals surface area contributed by atoms with Gasteiger partial charge in [0.05, 0.1) is 24.5 Å². The highest BCUT2D eigenvalue weighted by atomic mass is 19.1. The van der Waals surface area contributed by atoms with E-state index >= 15 is 0 Å². The van der Waals surface area contributed by atoms with Gasteiger partial charge in [-0.25, -0.2) is 9.37 Å². The summed E-state index contributed by atoms with van der Waals surface area (Å²) in [5.41, 5.74) is 3.07. The predicted molar refractivity (Wildman–Crippen MR) is 114 cm³/mol. The van der Waals surface area contributed by atoms with Crippen molar-refractivity contribution in [2.45, 2.75) is 32.5 Å². The fourth-order valence-electron chi connectivity index (χ4n) is 3.53. The molecule has 4 rings (SSSR count). The minimum Gasteiger partial charge on any atom is -0.394 e. The van der Waals surface area contributed by atoms with Crippen molar-refractivity contribution in [2.75, 3.05) is 29.2 Å². The Morgan fingerprint density at radius 3 is 2.74 bits per heavy atom. The molecule has 2 atom stereocenters. The summed E-state index contributed by atoms with van der Waals surface area (Å²) in [7, 11) is 1.72. The fourth-order valence-corrected chi connectivity index (χ4v) is 3.53. The van der Waals surface area contributed by atoms with E-state index in [1.807, 2.05) is 17.8 Å². The summed E-state index contributed by atoms with van der Waals surface area (Å²) in [5.74, 6) is 0.411. The number of anilines is 3. The molecule has 3 heterocycles. The van der Waals surface area contributed by atoms with E-state index in [1.165, 1.54) is 12.1 Å². The van der Waals surface area contributed by atoms with Gasteiger partial charge in [-0.15, -0.1) is 0 Å². The first-order valence-corrected chi connectivity index (χ1v) is 9.93. The smallest absolute Gasteiger partial charge is 0.249 e. The highest BCUT2D eigenvalue weighted by Gasteiger charge is 2.32. The summed E-state index contributed by atoms with van der Waals surface area (Å²) in [5, 5.41) is 19.9. The largest absolute Gasteiger partial charge is 0.394 e. The monoisotopic (exact) mass is 425 g/mol. The van der Waals surface area contributed by atoms with Gasteiger partial charge in [0.2, 0.25) is 11.9 Å². The SMILES string of the molecule is Cc1nc(NCc2cnn(C(C)c3ccc(F)cc3)c2)nc2c1NC(=O)[C@H](CO)N2C. The second kappa shape index (κ2) is 8.31. The molecule has 31 heavy (non-hydrogen) atoms. The number of benzene rings is 1. The van der Waals surface area contributed by atoms with Crippen molar-refractivity contribution in [3.05, 3.63) is 59.3 Å². The maximum atomic E-state index is 13.2. The molecule has 1 aliphatic heterocycles. The molecule has 0 saturated carbocycles. The molecule has 10 heteroatoms. The predicted octanol–water partition coefficient (Wildman–Crippen LogP) is 2.09. The maximum Gasteiger partial charge on any atom is 0.249 e. The fraction of sp³-hybridized carbons (Fsp3) is 0.333.